The molecule has 0 fully saturated rings. The van der Waals surface area contributed by atoms with Crippen molar-refractivity contribution < 1.29 is 0 Å². The summed E-state index contributed by atoms with van der Waals surface area (Å²) in [5.74, 6) is 0. The van der Waals surface area contributed by atoms with Gasteiger partial charge in [0.2, 0.25) is 0 Å². The molecular formula is C8H9N3. The van der Waals surface area contributed by atoms with Gasteiger partial charge < -0.3 is 0 Å². The van der Waals surface area contributed by atoms with E-state index in [4.69, 9.17) is 0 Å². The number of nitrogens with zero attached hydrogens (tertiary/aromatic N) is 3. The molecule has 0 unspecified atom stereocenters. The van der Waals surface area contributed by atoms with Crippen LogP contribution in [0.1, 0.15) is 11.4 Å². The van der Waals surface area contributed by atoms with Crippen LogP contribution in [0.5, 0.6) is 0 Å². The van der Waals surface area contributed by atoms with Crippen LogP contribution in [0.4, 0.5) is 0 Å². The topological polar surface area (TPSA) is 38.1 Å². The first kappa shape index (κ1) is 7.60. The number of aliphatic imine (C=N–C) groups is 1. The van der Waals surface area contributed by atoms with E-state index in [1.807, 2.05) is 6.92 Å². The fourth-order valence-electron chi connectivity index (χ4n) is 0.705. The van der Waals surface area contributed by atoms with Crippen molar-refractivity contribution in [2.45, 2.75) is 6.92 Å². The van der Waals surface area contributed by atoms with Gasteiger partial charge in [-0.2, -0.15) is 0 Å². The second-order valence-electron chi connectivity index (χ2n) is 2.03. The molecule has 1 rings (SSSR count). The minimum absolute atomic E-state index is 0.833. The van der Waals surface area contributed by atoms with Crippen LogP contribution in [0.2, 0.25) is 0 Å². The third-order valence-corrected chi connectivity index (χ3v) is 1.26. The second kappa shape index (κ2) is 3.61. The minimum atomic E-state index is 0.833. The zero-order valence-electron chi connectivity index (χ0n) is 6.36. The van der Waals surface area contributed by atoms with Gasteiger partial charge in [-0.05, 0) is 19.7 Å². The quantitative estimate of drug-likeness (QED) is 0.594. The number of rotatable bonds is 2. The predicted molar refractivity (Wildman–Crippen MR) is 45.4 cm³/mol. The van der Waals surface area contributed by atoms with Gasteiger partial charge >= 0.3 is 0 Å². The Labute approximate surface area is 65.5 Å². The van der Waals surface area contributed by atoms with Gasteiger partial charge in [0.15, 0.2) is 0 Å². The van der Waals surface area contributed by atoms with Crippen LogP contribution in [0.3, 0.4) is 0 Å². The molecule has 0 radical (unpaired) electrons. The van der Waals surface area contributed by atoms with E-state index in [9.17, 15) is 0 Å². The summed E-state index contributed by atoms with van der Waals surface area (Å²) >= 11 is 0. The lowest BCUT2D eigenvalue weighted by molar-refractivity contribution is 1.10. The maximum absolute atomic E-state index is 4.08. The van der Waals surface area contributed by atoms with Gasteiger partial charge in [-0.15, -0.1) is 0 Å². The lowest BCUT2D eigenvalue weighted by atomic mass is 10.3. The Morgan fingerprint density at radius 1 is 1.45 bits per heavy atom. The van der Waals surface area contributed by atoms with Crippen molar-refractivity contribution in [1.82, 2.24) is 9.97 Å². The van der Waals surface area contributed by atoms with Crippen molar-refractivity contribution in [2.24, 2.45) is 4.99 Å². The summed E-state index contributed by atoms with van der Waals surface area (Å²) in [6.45, 7) is 5.22. The first-order valence-electron chi connectivity index (χ1n) is 3.24. The van der Waals surface area contributed by atoms with E-state index in [1.165, 1.54) is 0 Å². The summed E-state index contributed by atoms with van der Waals surface area (Å²) in [4.78, 5) is 11.7. The van der Waals surface area contributed by atoms with E-state index in [0.29, 0.717) is 0 Å². The molecule has 1 heterocycles. The Hall–Kier alpha value is -1.51. The van der Waals surface area contributed by atoms with E-state index in [0.717, 1.165) is 11.4 Å². The standard InChI is InChI=1S/C8H9N3/c1-7-8(3-4-9-2)11-6-5-10-7/h3-6H,2H2,1H3/b4-3-. The summed E-state index contributed by atoms with van der Waals surface area (Å²) in [6.07, 6.45) is 6.68. The van der Waals surface area contributed by atoms with Crippen molar-refractivity contribution in [1.29, 1.82) is 0 Å². The van der Waals surface area contributed by atoms with Crippen molar-refractivity contribution in [3.8, 4) is 0 Å². The number of hydrogen-bond donors (Lipinski definition) is 0. The van der Waals surface area contributed by atoms with Crippen molar-refractivity contribution in [2.75, 3.05) is 0 Å². The molecule has 0 aliphatic heterocycles. The molecule has 56 valence electrons. The molecule has 0 aromatic carbocycles. The highest BCUT2D eigenvalue weighted by molar-refractivity contribution is 5.47. The molecule has 0 bridgehead atoms. The normalized spacial score (nSPS) is 10.3. The molecule has 0 amide bonds. The van der Waals surface area contributed by atoms with E-state index < -0.39 is 0 Å². The summed E-state index contributed by atoms with van der Waals surface area (Å²) in [5.41, 5.74) is 1.73. The van der Waals surface area contributed by atoms with Crippen molar-refractivity contribution >= 4 is 12.8 Å². The van der Waals surface area contributed by atoms with Crippen LogP contribution >= 0.6 is 0 Å². The first-order chi connectivity index (χ1) is 5.34. The average molecular weight is 147 g/mol. The van der Waals surface area contributed by atoms with E-state index >= 15 is 0 Å². The van der Waals surface area contributed by atoms with Crippen molar-refractivity contribution in [3.63, 3.8) is 0 Å². The molecule has 11 heavy (non-hydrogen) atoms. The molecule has 0 aliphatic carbocycles. The minimum Gasteiger partial charge on any atom is -0.272 e. The number of aromatic nitrogens is 2. The summed E-state index contributed by atoms with van der Waals surface area (Å²) in [6, 6.07) is 0. The fraction of sp³-hybridized carbons (Fsp3) is 0.125. The Balaban J connectivity index is 2.94. The van der Waals surface area contributed by atoms with Crippen LogP contribution in [0.15, 0.2) is 23.6 Å². The molecule has 3 nitrogen and oxygen atoms in total. The second-order valence-corrected chi connectivity index (χ2v) is 2.03. The number of aryl methyl sites for hydroxylation is 1. The number of hydrogen-bond acceptors (Lipinski definition) is 3. The molecule has 1 aromatic heterocycles. The van der Waals surface area contributed by atoms with Gasteiger partial charge in [-0.3, -0.25) is 15.0 Å². The highest BCUT2D eigenvalue weighted by atomic mass is 14.8. The van der Waals surface area contributed by atoms with Crippen LogP contribution < -0.4 is 0 Å². The van der Waals surface area contributed by atoms with Crippen LogP contribution in [0.25, 0.3) is 6.08 Å². The van der Waals surface area contributed by atoms with E-state index in [1.54, 1.807) is 24.7 Å². The molecule has 0 saturated carbocycles. The summed E-state index contributed by atoms with van der Waals surface area (Å²) in [5, 5.41) is 0. The lowest BCUT2D eigenvalue weighted by Crippen LogP contribution is -1.88. The van der Waals surface area contributed by atoms with Gasteiger partial charge in [-0.25, -0.2) is 0 Å². The monoisotopic (exact) mass is 147 g/mol. The Kier molecular flexibility index (Phi) is 2.49. The molecular weight excluding hydrogens is 138 g/mol. The van der Waals surface area contributed by atoms with Gasteiger partial charge in [-0.1, -0.05) is 0 Å². The molecule has 0 atom stereocenters. The lowest BCUT2D eigenvalue weighted by Gasteiger charge is -1.93. The van der Waals surface area contributed by atoms with Gasteiger partial charge in [0.25, 0.3) is 0 Å². The maximum Gasteiger partial charge on any atom is 0.0857 e. The molecule has 0 spiro atoms. The van der Waals surface area contributed by atoms with Crippen LogP contribution in [-0.2, 0) is 0 Å². The zero-order chi connectivity index (χ0) is 8.10. The Bertz CT molecular complexity index is 278. The Morgan fingerprint density at radius 3 is 2.82 bits per heavy atom. The van der Waals surface area contributed by atoms with Gasteiger partial charge in [0.1, 0.15) is 0 Å². The molecule has 0 saturated heterocycles. The highest BCUT2D eigenvalue weighted by Crippen LogP contribution is 2.00. The maximum atomic E-state index is 4.08. The SMILES string of the molecule is C=N/C=C\c1nccnc1C. The smallest absolute Gasteiger partial charge is 0.0857 e. The molecule has 3 heteroatoms. The summed E-state index contributed by atoms with van der Waals surface area (Å²) < 4.78 is 0. The first-order valence-corrected chi connectivity index (χ1v) is 3.24. The van der Waals surface area contributed by atoms with Crippen molar-refractivity contribution in [3.05, 3.63) is 30.0 Å². The summed E-state index contributed by atoms with van der Waals surface area (Å²) in [7, 11) is 0. The fourth-order valence-corrected chi connectivity index (χ4v) is 0.705. The third-order valence-electron chi connectivity index (χ3n) is 1.26. The molecule has 0 aliphatic rings. The predicted octanol–water partition coefficient (Wildman–Crippen LogP) is 1.46. The van der Waals surface area contributed by atoms with Crippen LogP contribution in [-0.4, -0.2) is 16.7 Å². The van der Waals surface area contributed by atoms with Crippen LogP contribution in [0, 0.1) is 6.92 Å². The molecule has 0 N–H and O–H groups in total. The van der Waals surface area contributed by atoms with E-state index in [2.05, 4.69) is 21.7 Å². The zero-order valence-corrected chi connectivity index (χ0v) is 6.36. The highest BCUT2D eigenvalue weighted by Gasteiger charge is 1.92. The largest absolute Gasteiger partial charge is 0.272 e. The Morgan fingerprint density at radius 2 is 2.18 bits per heavy atom. The molecule has 1 aromatic rings. The van der Waals surface area contributed by atoms with E-state index in [-0.39, 0.29) is 0 Å². The average Bonchev–Trinajstić information content (AvgIpc) is 2.03. The van der Waals surface area contributed by atoms with Gasteiger partial charge in [0.05, 0.1) is 11.4 Å². The van der Waals surface area contributed by atoms with Gasteiger partial charge in [0, 0.05) is 18.6 Å². The third kappa shape index (κ3) is 1.97.